The molecule has 148 valence electrons. The first kappa shape index (κ1) is 18.2. The van der Waals surface area contributed by atoms with Gasteiger partial charge in [-0.25, -0.2) is 0 Å². The lowest BCUT2D eigenvalue weighted by atomic mass is 9.75. The Bertz CT molecular complexity index is 1060. The van der Waals surface area contributed by atoms with Crippen LogP contribution < -0.4 is 5.73 Å². The lowest BCUT2D eigenvalue weighted by Crippen LogP contribution is -2.44. The molecule has 1 saturated carbocycles. The van der Waals surface area contributed by atoms with Gasteiger partial charge in [0.15, 0.2) is 0 Å². The van der Waals surface area contributed by atoms with E-state index in [1.165, 1.54) is 25.7 Å². The molecule has 2 aliphatic rings. The monoisotopic (exact) mass is 385 g/mol. The molecule has 2 atom stereocenters. The number of benzene rings is 2. The molecule has 0 bridgehead atoms. The second-order valence-corrected chi connectivity index (χ2v) is 8.56. The van der Waals surface area contributed by atoms with Gasteiger partial charge in [-0.3, -0.25) is 9.78 Å². The summed E-state index contributed by atoms with van der Waals surface area (Å²) in [5.74, 6) is 1.69. The maximum Gasteiger partial charge on any atom is 0.253 e. The van der Waals surface area contributed by atoms with Gasteiger partial charge >= 0.3 is 0 Å². The number of rotatable bonds is 2. The minimum Gasteiger partial charge on any atom is -0.398 e. The Morgan fingerprint density at radius 2 is 1.79 bits per heavy atom. The number of pyridine rings is 1. The summed E-state index contributed by atoms with van der Waals surface area (Å²) in [4.78, 5) is 19.7. The molecular formula is C25H27N3O. The maximum absolute atomic E-state index is 13.2. The molecule has 4 nitrogen and oxygen atoms in total. The Labute approximate surface area is 171 Å². The molecule has 2 N–H and O–H groups in total. The van der Waals surface area contributed by atoms with Gasteiger partial charge in [0.25, 0.3) is 5.91 Å². The molecule has 1 aliphatic heterocycles. The molecule has 2 aromatic carbocycles. The van der Waals surface area contributed by atoms with Gasteiger partial charge in [-0.15, -0.1) is 0 Å². The summed E-state index contributed by atoms with van der Waals surface area (Å²) in [6, 6.07) is 15.9. The fourth-order valence-electron chi connectivity index (χ4n) is 5.15. The SMILES string of the molecule is Nc1ccnc2ccc(-c3cccc(C(=O)N4CCC5CCCCC5C4)c3)cc12. The van der Waals surface area contributed by atoms with Gasteiger partial charge < -0.3 is 10.6 Å². The number of hydrogen-bond donors (Lipinski definition) is 1. The van der Waals surface area contributed by atoms with Crippen molar-refractivity contribution in [3.8, 4) is 11.1 Å². The molecule has 1 aliphatic carbocycles. The van der Waals surface area contributed by atoms with Gasteiger partial charge in [-0.2, -0.15) is 0 Å². The first-order valence-electron chi connectivity index (χ1n) is 10.7. The minimum atomic E-state index is 0.165. The molecule has 1 aromatic heterocycles. The fourth-order valence-corrected chi connectivity index (χ4v) is 5.15. The van der Waals surface area contributed by atoms with Crippen molar-refractivity contribution in [2.75, 3.05) is 18.8 Å². The van der Waals surface area contributed by atoms with Crippen LogP contribution in [0.3, 0.4) is 0 Å². The van der Waals surface area contributed by atoms with Crippen LogP contribution in [0.15, 0.2) is 54.7 Å². The van der Waals surface area contributed by atoms with E-state index in [4.69, 9.17) is 5.73 Å². The molecule has 1 saturated heterocycles. The smallest absolute Gasteiger partial charge is 0.253 e. The third kappa shape index (κ3) is 3.48. The van der Waals surface area contributed by atoms with E-state index < -0.39 is 0 Å². The largest absolute Gasteiger partial charge is 0.398 e. The van der Waals surface area contributed by atoms with Crippen molar-refractivity contribution in [2.24, 2.45) is 11.8 Å². The van der Waals surface area contributed by atoms with E-state index >= 15 is 0 Å². The van der Waals surface area contributed by atoms with E-state index in [0.29, 0.717) is 5.92 Å². The summed E-state index contributed by atoms with van der Waals surface area (Å²) in [6.45, 7) is 1.81. The number of nitrogen functional groups attached to an aromatic ring is 1. The highest BCUT2D eigenvalue weighted by molar-refractivity contribution is 5.97. The third-order valence-corrected chi connectivity index (χ3v) is 6.80. The van der Waals surface area contributed by atoms with Crippen LogP contribution in [-0.2, 0) is 0 Å². The summed E-state index contributed by atoms with van der Waals surface area (Å²) in [7, 11) is 0. The molecule has 2 unspecified atom stereocenters. The second kappa shape index (κ2) is 7.51. The number of carbonyl (C=O) groups excluding carboxylic acids is 1. The van der Waals surface area contributed by atoms with E-state index in [1.54, 1.807) is 6.20 Å². The molecule has 0 spiro atoms. The average Bonchev–Trinajstić information content (AvgIpc) is 2.78. The van der Waals surface area contributed by atoms with Crippen LogP contribution in [0.25, 0.3) is 22.0 Å². The molecule has 3 aromatic rings. The van der Waals surface area contributed by atoms with Gasteiger partial charge in [0.1, 0.15) is 0 Å². The molecular weight excluding hydrogens is 358 g/mol. The van der Waals surface area contributed by atoms with Crippen molar-refractivity contribution < 1.29 is 4.79 Å². The van der Waals surface area contributed by atoms with Crippen LogP contribution in [0.4, 0.5) is 5.69 Å². The molecule has 2 heterocycles. The van der Waals surface area contributed by atoms with Crippen LogP contribution in [0.1, 0.15) is 42.5 Å². The van der Waals surface area contributed by atoms with Crippen LogP contribution >= 0.6 is 0 Å². The first-order chi connectivity index (χ1) is 14.2. The molecule has 4 heteroatoms. The van der Waals surface area contributed by atoms with Crippen molar-refractivity contribution in [1.82, 2.24) is 9.88 Å². The Hall–Kier alpha value is -2.88. The quantitative estimate of drug-likeness (QED) is 0.665. The number of anilines is 1. The predicted molar refractivity (Wildman–Crippen MR) is 118 cm³/mol. The summed E-state index contributed by atoms with van der Waals surface area (Å²) < 4.78 is 0. The van der Waals surface area contributed by atoms with E-state index in [0.717, 1.165) is 58.7 Å². The number of aromatic nitrogens is 1. The molecule has 5 rings (SSSR count). The number of nitrogens with zero attached hydrogens (tertiary/aromatic N) is 2. The molecule has 29 heavy (non-hydrogen) atoms. The Morgan fingerprint density at radius 1 is 0.966 bits per heavy atom. The van der Waals surface area contributed by atoms with Crippen LogP contribution in [0, 0.1) is 11.8 Å². The van der Waals surface area contributed by atoms with Crippen LogP contribution in [-0.4, -0.2) is 28.9 Å². The third-order valence-electron chi connectivity index (χ3n) is 6.80. The molecule has 1 amide bonds. The lowest BCUT2D eigenvalue weighted by molar-refractivity contribution is 0.0521. The lowest BCUT2D eigenvalue weighted by Gasteiger charge is -2.41. The van der Waals surface area contributed by atoms with E-state index in [-0.39, 0.29) is 5.91 Å². The average molecular weight is 386 g/mol. The number of nitrogens with two attached hydrogens (primary N) is 1. The van der Waals surface area contributed by atoms with Crippen molar-refractivity contribution in [3.63, 3.8) is 0 Å². The van der Waals surface area contributed by atoms with Crippen molar-refractivity contribution >= 4 is 22.5 Å². The van der Waals surface area contributed by atoms with Gasteiger partial charge in [-0.1, -0.05) is 37.5 Å². The van der Waals surface area contributed by atoms with Gasteiger partial charge in [0.2, 0.25) is 0 Å². The topological polar surface area (TPSA) is 59.2 Å². The summed E-state index contributed by atoms with van der Waals surface area (Å²) >= 11 is 0. The van der Waals surface area contributed by atoms with Gasteiger partial charge in [0, 0.05) is 35.9 Å². The highest BCUT2D eigenvalue weighted by atomic mass is 16.2. The second-order valence-electron chi connectivity index (χ2n) is 8.56. The predicted octanol–water partition coefficient (Wildman–Crippen LogP) is 5.14. The summed E-state index contributed by atoms with van der Waals surface area (Å²) in [5.41, 5.74) is 10.6. The number of carbonyl (C=O) groups is 1. The summed E-state index contributed by atoms with van der Waals surface area (Å²) in [6.07, 6.45) is 8.20. The van der Waals surface area contributed by atoms with Gasteiger partial charge in [-0.05, 0) is 66.1 Å². The Morgan fingerprint density at radius 3 is 2.69 bits per heavy atom. The van der Waals surface area contributed by atoms with Crippen molar-refractivity contribution in [3.05, 3.63) is 60.3 Å². The number of hydrogen-bond acceptors (Lipinski definition) is 3. The van der Waals surface area contributed by atoms with Crippen molar-refractivity contribution in [1.29, 1.82) is 0 Å². The maximum atomic E-state index is 13.2. The number of fused-ring (bicyclic) bond motifs is 2. The minimum absolute atomic E-state index is 0.165. The fraction of sp³-hybridized carbons (Fsp3) is 0.360. The van der Waals surface area contributed by atoms with E-state index in [2.05, 4.69) is 22.0 Å². The zero-order valence-corrected chi connectivity index (χ0v) is 16.7. The number of piperidine rings is 1. The van der Waals surface area contributed by atoms with Crippen LogP contribution in [0.2, 0.25) is 0 Å². The zero-order chi connectivity index (χ0) is 19.8. The number of likely N-dealkylation sites (tertiary alicyclic amines) is 1. The van der Waals surface area contributed by atoms with E-state index in [1.807, 2.05) is 36.4 Å². The first-order valence-corrected chi connectivity index (χ1v) is 10.7. The van der Waals surface area contributed by atoms with E-state index in [9.17, 15) is 4.79 Å². The number of amides is 1. The normalized spacial score (nSPS) is 21.7. The van der Waals surface area contributed by atoms with Crippen molar-refractivity contribution in [2.45, 2.75) is 32.1 Å². The Kier molecular flexibility index (Phi) is 4.70. The zero-order valence-electron chi connectivity index (χ0n) is 16.7. The van der Waals surface area contributed by atoms with Crippen LogP contribution in [0.5, 0.6) is 0 Å². The van der Waals surface area contributed by atoms with Gasteiger partial charge in [0.05, 0.1) is 5.52 Å². The highest BCUT2D eigenvalue weighted by Crippen LogP contribution is 2.36. The Balaban J connectivity index is 1.41. The summed E-state index contributed by atoms with van der Waals surface area (Å²) in [5, 5.41) is 0.945. The molecule has 0 radical (unpaired) electrons. The highest BCUT2D eigenvalue weighted by Gasteiger charge is 2.33. The molecule has 2 fully saturated rings. The standard InChI is InChI=1S/C25H27N3O/c26-23-10-12-27-24-9-8-19(15-22(23)24)18-6-3-7-20(14-18)25(29)28-13-11-17-4-1-2-5-21(17)16-28/h3,6-10,12,14-15,17,21H,1-2,4-5,11,13,16H2,(H2,26,27).